The van der Waals surface area contributed by atoms with Crippen molar-refractivity contribution in [1.29, 1.82) is 0 Å². The molecule has 0 saturated carbocycles. The van der Waals surface area contributed by atoms with Crippen molar-refractivity contribution in [2.45, 2.75) is 12.2 Å². The number of phenolic OH excluding ortho intramolecular Hbond substituents is 3. The second-order valence-corrected chi connectivity index (χ2v) is 7.20. The Balaban J connectivity index is 1.63. The van der Waals surface area contributed by atoms with Crippen LogP contribution >= 0.6 is 0 Å². The highest BCUT2D eigenvalue weighted by molar-refractivity contribution is 5.54. The van der Waals surface area contributed by atoms with Crippen LogP contribution in [0.3, 0.4) is 0 Å². The highest BCUT2D eigenvalue weighted by Crippen LogP contribution is 2.53. The molecule has 8 nitrogen and oxygen atoms in total. The van der Waals surface area contributed by atoms with Crippen molar-refractivity contribution in [3.8, 4) is 34.5 Å². The van der Waals surface area contributed by atoms with Crippen LogP contribution in [0, 0.1) is 11.8 Å². The van der Waals surface area contributed by atoms with E-state index in [1.807, 2.05) is 0 Å². The second-order valence-electron chi connectivity index (χ2n) is 7.20. The fourth-order valence-electron chi connectivity index (χ4n) is 4.25. The van der Waals surface area contributed by atoms with Crippen LogP contribution in [-0.4, -0.2) is 49.9 Å². The maximum Gasteiger partial charge on any atom is 0.200 e. The van der Waals surface area contributed by atoms with Crippen LogP contribution in [0.2, 0.25) is 0 Å². The molecule has 4 atom stereocenters. The van der Waals surface area contributed by atoms with Crippen LogP contribution in [0.4, 0.5) is 0 Å². The minimum atomic E-state index is -0.300. The zero-order chi connectivity index (χ0) is 20.7. The van der Waals surface area contributed by atoms with E-state index in [-0.39, 0.29) is 47.0 Å². The Morgan fingerprint density at radius 1 is 0.690 bits per heavy atom. The van der Waals surface area contributed by atoms with Crippen LogP contribution in [-0.2, 0) is 9.47 Å². The quantitative estimate of drug-likeness (QED) is 0.653. The Labute approximate surface area is 168 Å². The molecule has 0 aromatic heterocycles. The van der Waals surface area contributed by atoms with Crippen molar-refractivity contribution in [2.24, 2.45) is 11.8 Å². The summed E-state index contributed by atoms with van der Waals surface area (Å²) in [5.41, 5.74) is 1.55. The molecule has 2 fully saturated rings. The molecule has 4 rings (SSSR count). The van der Waals surface area contributed by atoms with Crippen molar-refractivity contribution in [2.75, 3.05) is 34.5 Å². The van der Waals surface area contributed by atoms with Crippen LogP contribution < -0.4 is 14.2 Å². The number of aromatic hydroxyl groups is 3. The molecule has 2 aliphatic rings. The Bertz CT molecular complexity index is 887. The van der Waals surface area contributed by atoms with Gasteiger partial charge in [-0.05, 0) is 35.4 Å². The summed E-state index contributed by atoms with van der Waals surface area (Å²) in [4.78, 5) is 0. The molecule has 2 aromatic rings. The first kappa shape index (κ1) is 19.5. The van der Waals surface area contributed by atoms with Gasteiger partial charge in [-0.3, -0.25) is 0 Å². The van der Waals surface area contributed by atoms with Gasteiger partial charge in [-0.1, -0.05) is 0 Å². The summed E-state index contributed by atoms with van der Waals surface area (Å²) in [6, 6.07) is 6.65. The van der Waals surface area contributed by atoms with Gasteiger partial charge in [0.05, 0.1) is 46.8 Å². The van der Waals surface area contributed by atoms with Crippen molar-refractivity contribution in [3.63, 3.8) is 0 Å². The Hall–Kier alpha value is -2.84. The minimum Gasteiger partial charge on any atom is -0.504 e. The molecular weight excluding hydrogens is 380 g/mol. The molecule has 2 heterocycles. The largest absolute Gasteiger partial charge is 0.504 e. The van der Waals surface area contributed by atoms with E-state index in [9.17, 15) is 15.3 Å². The van der Waals surface area contributed by atoms with Gasteiger partial charge in [0.15, 0.2) is 23.0 Å². The molecule has 0 unspecified atom stereocenters. The predicted molar refractivity (Wildman–Crippen MR) is 102 cm³/mol. The maximum atomic E-state index is 10.2. The second kappa shape index (κ2) is 7.53. The lowest BCUT2D eigenvalue weighted by atomic mass is 9.84. The summed E-state index contributed by atoms with van der Waals surface area (Å²) < 4.78 is 27.8. The molecule has 0 spiro atoms. The monoisotopic (exact) mass is 404 g/mol. The number of benzene rings is 2. The Kier molecular flexibility index (Phi) is 5.06. The van der Waals surface area contributed by atoms with E-state index in [0.29, 0.717) is 24.7 Å². The molecule has 2 aliphatic heterocycles. The van der Waals surface area contributed by atoms with E-state index in [1.165, 1.54) is 27.4 Å². The third-order valence-electron chi connectivity index (χ3n) is 5.72. The van der Waals surface area contributed by atoms with Gasteiger partial charge in [0.1, 0.15) is 0 Å². The number of rotatable bonds is 5. The Morgan fingerprint density at radius 2 is 1.10 bits per heavy atom. The Morgan fingerprint density at radius 3 is 1.55 bits per heavy atom. The molecule has 0 aliphatic carbocycles. The van der Waals surface area contributed by atoms with Crippen LogP contribution in [0.15, 0.2) is 24.3 Å². The number of hydrogen-bond acceptors (Lipinski definition) is 8. The normalized spacial score (nSPS) is 25.6. The highest BCUT2D eigenvalue weighted by Gasteiger charge is 2.48. The van der Waals surface area contributed by atoms with E-state index < -0.39 is 0 Å². The lowest BCUT2D eigenvalue weighted by Crippen LogP contribution is -2.14. The van der Waals surface area contributed by atoms with E-state index in [4.69, 9.17) is 23.7 Å². The number of ether oxygens (including phenoxy) is 5. The fraction of sp³-hybridized carbons (Fsp3) is 0.429. The molecule has 2 saturated heterocycles. The first-order valence-electron chi connectivity index (χ1n) is 9.26. The summed E-state index contributed by atoms with van der Waals surface area (Å²) in [5.74, 6) is 0.339. The molecular formula is C21H24O8. The van der Waals surface area contributed by atoms with E-state index >= 15 is 0 Å². The van der Waals surface area contributed by atoms with Gasteiger partial charge < -0.3 is 39.0 Å². The maximum absolute atomic E-state index is 10.2. The summed E-state index contributed by atoms with van der Waals surface area (Å²) in [7, 11) is 4.39. The van der Waals surface area contributed by atoms with E-state index in [1.54, 1.807) is 18.2 Å². The van der Waals surface area contributed by atoms with Crippen LogP contribution in [0.5, 0.6) is 34.5 Å². The minimum absolute atomic E-state index is 0.0550. The summed E-state index contributed by atoms with van der Waals surface area (Å²) in [5, 5.41) is 30.1. The van der Waals surface area contributed by atoms with Gasteiger partial charge in [-0.25, -0.2) is 0 Å². The fourth-order valence-corrected chi connectivity index (χ4v) is 4.25. The molecule has 0 bridgehead atoms. The lowest BCUT2D eigenvalue weighted by molar-refractivity contribution is 0.0190. The van der Waals surface area contributed by atoms with Crippen molar-refractivity contribution >= 4 is 0 Å². The smallest absolute Gasteiger partial charge is 0.200 e. The summed E-state index contributed by atoms with van der Waals surface area (Å²) in [6.07, 6.45) is -0.549. The first-order chi connectivity index (χ1) is 14.0. The average molecular weight is 404 g/mol. The highest BCUT2D eigenvalue weighted by atomic mass is 16.5. The molecule has 0 radical (unpaired) electrons. The third-order valence-corrected chi connectivity index (χ3v) is 5.72. The van der Waals surface area contributed by atoms with Crippen LogP contribution in [0.25, 0.3) is 0 Å². The molecule has 29 heavy (non-hydrogen) atoms. The average Bonchev–Trinajstić information content (AvgIpc) is 3.32. The van der Waals surface area contributed by atoms with Gasteiger partial charge in [-0.15, -0.1) is 0 Å². The standard InChI is InChI=1S/C21H24O8/c1-25-15-5-10(4-14(22)18(15)23)20-12-8-29-21(13(12)9-28-20)11-6-16(26-2)19(24)17(7-11)27-3/h4-7,12-13,20-24H,8-9H2,1-3H3/t12-,13-,20+,21+/m0/s1. The zero-order valence-corrected chi connectivity index (χ0v) is 16.4. The van der Waals surface area contributed by atoms with Gasteiger partial charge in [0.25, 0.3) is 0 Å². The van der Waals surface area contributed by atoms with Crippen molar-refractivity contribution in [3.05, 3.63) is 35.4 Å². The van der Waals surface area contributed by atoms with E-state index in [0.717, 1.165) is 11.1 Å². The van der Waals surface area contributed by atoms with Crippen molar-refractivity contribution < 1.29 is 39.0 Å². The van der Waals surface area contributed by atoms with Gasteiger partial charge in [0, 0.05) is 11.8 Å². The number of phenols is 3. The summed E-state index contributed by atoms with van der Waals surface area (Å²) in [6.45, 7) is 0.935. The zero-order valence-electron chi connectivity index (χ0n) is 16.4. The lowest BCUT2D eigenvalue weighted by Gasteiger charge is -2.19. The molecule has 2 aromatic carbocycles. The van der Waals surface area contributed by atoms with Gasteiger partial charge in [-0.2, -0.15) is 0 Å². The molecule has 156 valence electrons. The van der Waals surface area contributed by atoms with Crippen LogP contribution in [0.1, 0.15) is 23.3 Å². The first-order valence-corrected chi connectivity index (χ1v) is 9.26. The number of hydrogen-bond donors (Lipinski definition) is 3. The molecule has 3 N–H and O–H groups in total. The third kappa shape index (κ3) is 3.18. The number of fused-ring (bicyclic) bond motifs is 1. The SMILES string of the molecule is COc1cc([C@H]2OC[C@H]3[C@@H]2CO[C@@H]3c2cc(OC)c(O)c(OC)c2)cc(O)c1O. The molecule has 8 heteroatoms. The van der Waals surface area contributed by atoms with Gasteiger partial charge in [0.2, 0.25) is 11.5 Å². The predicted octanol–water partition coefficient (Wildman–Crippen LogP) is 2.90. The topological polar surface area (TPSA) is 107 Å². The van der Waals surface area contributed by atoms with Gasteiger partial charge >= 0.3 is 0 Å². The van der Waals surface area contributed by atoms with Crippen molar-refractivity contribution in [1.82, 2.24) is 0 Å². The summed E-state index contributed by atoms with van der Waals surface area (Å²) >= 11 is 0. The molecule has 0 amide bonds. The number of methoxy groups -OCH3 is 3. The van der Waals surface area contributed by atoms with E-state index in [2.05, 4.69) is 0 Å².